The Labute approximate surface area is 119 Å². The van der Waals surface area contributed by atoms with Gasteiger partial charge < -0.3 is 10.1 Å². The molecule has 0 aromatic carbocycles. The molecule has 2 heterocycles. The molecule has 1 aromatic heterocycles. The summed E-state index contributed by atoms with van der Waals surface area (Å²) in [6.45, 7) is 7.16. The fourth-order valence-electron chi connectivity index (χ4n) is 1.69. The van der Waals surface area contributed by atoms with Crippen LogP contribution in [0.15, 0.2) is 17.5 Å². The van der Waals surface area contributed by atoms with Crippen molar-refractivity contribution in [3.8, 4) is 0 Å². The van der Waals surface area contributed by atoms with Gasteiger partial charge in [0.05, 0.1) is 13.2 Å². The Morgan fingerprint density at radius 2 is 2.06 bits per heavy atom. The highest BCUT2D eigenvalue weighted by Gasteiger charge is 2.08. The molecule has 1 aliphatic heterocycles. The SMILES string of the molecule is Cl.Cl.c1csc(CNCCN2CCOCC2)c1. The fraction of sp³-hybridized carbons (Fsp3) is 0.636. The zero-order valence-corrected chi connectivity index (χ0v) is 12.2. The summed E-state index contributed by atoms with van der Waals surface area (Å²) in [6, 6.07) is 4.27. The van der Waals surface area contributed by atoms with E-state index < -0.39 is 0 Å². The van der Waals surface area contributed by atoms with E-state index in [1.807, 2.05) is 11.3 Å². The molecule has 0 saturated carbocycles. The van der Waals surface area contributed by atoms with E-state index in [1.165, 1.54) is 4.88 Å². The van der Waals surface area contributed by atoms with Crippen LogP contribution in [-0.2, 0) is 11.3 Å². The Morgan fingerprint density at radius 3 is 2.71 bits per heavy atom. The Morgan fingerprint density at radius 1 is 1.29 bits per heavy atom. The Balaban J connectivity index is 0.00000128. The normalized spacial score (nSPS) is 16.0. The second-order valence-corrected chi connectivity index (χ2v) is 4.74. The first-order valence-corrected chi connectivity index (χ1v) is 6.36. The third kappa shape index (κ3) is 6.60. The lowest BCUT2D eigenvalue weighted by atomic mass is 10.4. The van der Waals surface area contributed by atoms with Gasteiger partial charge in [-0.25, -0.2) is 0 Å². The average Bonchev–Trinajstić information content (AvgIpc) is 2.79. The predicted molar refractivity (Wildman–Crippen MR) is 77.8 cm³/mol. The summed E-state index contributed by atoms with van der Waals surface area (Å²) in [5, 5.41) is 5.59. The molecular formula is C11H20Cl2N2OS. The van der Waals surface area contributed by atoms with Crippen molar-refractivity contribution in [2.24, 2.45) is 0 Å². The van der Waals surface area contributed by atoms with E-state index in [9.17, 15) is 0 Å². The lowest BCUT2D eigenvalue weighted by Gasteiger charge is -2.26. The van der Waals surface area contributed by atoms with Crippen LogP contribution in [-0.4, -0.2) is 44.3 Å². The minimum atomic E-state index is 0. The third-order valence-electron chi connectivity index (χ3n) is 2.59. The van der Waals surface area contributed by atoms with Crippen LogP contribution >= 0.6 is 36.2 Å². The molecular weight excluding hydrogens is 279 g/mol. The monoisotopic (exact) mass is 298 g/mol. The average molecular weight is 299 g/mol. The van der Waals surface area contributed by atoms with Gasteiger partial charge in [-0.3, -0.25) is 4.90 Å². The standard InChI is InChI=1S/C11H18N2OS.2ClH/c1-2-11(15-9-1)10-12-3-4-13-5-7-14-8-6-13;;/h1-2,9,12H,3-8,10H2;2*1H. The van der Waals surface area contributed by atoms with Crippen molar-refractivity contribution in [3.05, 3.63) is 22.4 Å². The molecule has 0 amide bonds. The summed E-state index contributed by atoms with van der Waals surface area (Å²) in [7, 11) is 0. The first kappa shape index (κ1) is 17.2. The van der Waals surface area contributed by atoms with Crippen LogP contribution < -0.4 is 5.32 Å². The van der Waals surface area contributed by atoms with Crippen LogP contribution in [0, 0.1) is 0 Å². The van der Waals surface area contributed by atoms with E-state index in [1.54, 1.807) is 0 Å². The van der Waals surface area contributed by atoms with Gasteiger partial charge in [0.2, 0.25) is 0 Å². The van der Waals surface area contributed by atoms with Gasteiger partial charge >= 0.3 is 0 Å². The van der Waals surface area contributed by atoms with E-state index in [0.29, 0.717) is 0 Å². The molecule has 0 atom stereocenters. The van der Waals surface area contributed by atoms with Crippen LogP contribution in [0.5, 0.6) is 0 Å². The Kier molecular flexibility index (Phi) is 10.2. The lowest BCUT2D eigenvalue weighted by Crippen LogP contribution is -2.40. The molecule has 1 aliphatic rings. The minimum Gasteiger partial charge on any atom is -0.379 e. The maximum atomic E-state index is 5.30. The topological polar surface area (TPSA) is 24.5 Å². The Hall–Kier alpha value is 0.160. The molecule has 0 aliphatic carbocycles. The van der Waals surface area contributed by atoms with Gasteiger partial charge in [-0.1, -0.05) is 6.07 Å². The predicted octanol–water partition coefficient (Wildman–Crippen LogP) is 2.01. The number of hydrogen-bond acceptors (Lipinski definition) is 4. The molecule has 100 valence electrons. The van der Waals surface area contributed by atoms with Crippen molar-refractivity contribution < 1.29 is 4.74 Å². The van der Waals surface area contributed by atoms with Crippen molar-refractivity contribution >= 4 is 36.2 Å². The highest BCUT2D eigenvalue weighted by molar-refractivity contribution is 7.09. The van der Waals surface area contributed by atoms with Crippen LogP contribution in [0.4, 0.5) is 0 Å². The summed E-state index contributed by atoms with van der Waals surface area (Å²) in [6.07, 6.45) is 0. The molecule has 1 fully saturated rings. The van der Waals surface area contributed by atoms with Gasteiger partial charge in [0, 0.05) is 37.6 Å². The fourth-order valence-corrected chi connectivity index (χ4v) is 2.36. The van der Waals surface area contributed by atoms with Crippen molar-refractivity contribution in [2.45, 2.75) is 6.54 Å². The Bertz CT molecular complexity index is 266. The summed E-state index contributed by atoms with van der Waals surface area (Å²) < 4.78 is 5.30. The minimum absolute atomic E-state index is 0. The number of ether oxygens (including phenoxy) is 1. The van der Waals surface area contributed by atoms with Gasteiger partial charge in [-0.15, -0.1) is 36.2 Å². The smallest absolute Gasteiger partial charge is 0.0594 e. The number of hydrogen-bond donors (Lipinski definition) is 1. The van der Waals surface area contributed by atoms with Crippen LogP contribution in [0.1, 0.15) is 4.88 Å². The number of nitrogens with zero attached hydrogens (tertiary/aromatic N) is 1. The van der Waals surface area contributed by atoms with E-state index in [2.05, 4.69) is 27.7 Å². The van der Waals surface area contributed by atoms with Crippen molar-refractivity contribution in [1.82, 2.24) is 10.2 Å². The number of morpholine rings is 1. The van der Waals surface area contributed by atoms with Crippen molar-refractivity contribution in [1.29, 1.82) is 0 Å². The van der Waals surface area contributed by atoms with Gasteiger partial charge in [0.25, 0.3) is 0 Å². The molecule has 0 bridgehead atoms. The first-order chi connectivity index (χ1) is 7.45. The molecule has 2 rings (SSSR count). The van der Waals surface area contributed by atoms with E-state index in [-0.39, 0.29) is 24.8 Å². The van der Waals surface area contributed by atoms with Gasteiger partial charge in [-0.2, -0.15) is 0 Å². The van der Waals surface area contributed by atoms with E-state index in [0.717, 1.165) is 45.9 Å². The highest BCUT2D eigenvalue weighted by atomic mass is 35.5. The molecule has 17 heavy (non-hydrogen) atoms. The van der Waals surface area contributed by atoms with Crippen LogP contribution in [0.25, 0.3) is 0 Å². The largest absolute Gasteiger partial charge is 0.379 e. The summed E-state index contributed by atoms with van der Waals surface area (Å²) in [5.74, 6) is 0. The number of thiophene rings is 1. The molecule has 0 spiro atoms. The maximum Gasteiger partial charge on any atom is 0.0594 e. The lowest BCUT2D eigenvalue weighted by molar-refractivity contribution is 0.0384. The number of nitrogens with one attached hydrogen (secondary N) is 1. The zero-order chi connectivity index (χ0) is 10.3. The summed E-state index contributed by atoms with van der Waals surface area (Å²) in [4.78, 5) is 3.86. The highest BCUT2D eigenvalue weighted by Crippen LogP contribution is 2.07. The molecule has 1 N–H and O–H groups in total. The van der Waals surface area contributed by atoms with E-state index >= 15 is 0 Å². The third-order valence-corrected chi connectivity index (χ3v) is 3.46. The van der Waals surface area contributed by atoms with E-state index in [4.69, 9.17) is 4.74 Å². The van der Waals surface area contributed by atoms with Crippen LogP contribution in [0.3, 0.4) is 0 Å². The number of halogens is 2. The van der Waals surface area contributed by atoms with Crippen molar-refractivity contribution in [2.75, 3.05) is 39.4 Å². The van der Waals surface area contributed by atoms with Gasteiger partial charge in [0.15, 0.2) is 0 Å². The second-order valence-electron chi connectivity index (χ2n) is 3.71. The zero-order valence-electron chi connectivity index (χ0n) is 9.76. The van der Waals surface area contributed by atoms with Gasteiger partial charge in [-0.05, 0) is 11.4 Å². The van der Waals surface area contributed by atoms with Crippen molar-refractivity contribution in [3.63, 3.8) is 0 Å². The quantitative estimate of drug-likeness (QED) is 0.842. The summed E-state index contributed by atoms with van der Waals surface area (Å²) in [5.41, 5.74) is 0. The summed E-state index contributed by atoms with van der Waals surface area (Å²) >= 11 is 1.81. The maximum absolute atomic E-state index is 5.30. The molecule has 6 heteroatoms. The molecule has 3 nitrogen and oxygen atoms in total. The van der Waals surface area contributed by atoms with Crippen LogP contribution in [0.2, 0.25) is 0 Å². The first-order valence-electron chi connectivity index (χ1n) is 5.48. The number of rotatable bonds is 5. The molecule has 1 aromatic rings. The molecule has 0 unspecified atom stereocenters. The van der Waals surface area contributed by atoms with Gasteiger partial charge in [0.1, 0.15) is 0 Å². The molecule has 0 radical (unpaired) electrons. The molecule has 1 saturated heterocycles. The second kappa shape index (κ2) is 10.1.